The van der Waals surface area contributed by atoms with Crippen LogP contribution in [0.3, 0.4) is 0 Å². The number of benzene rings is 2. The summed E-state index contributed by atoms with van der Waals surface area (Å²) >= 11 is 0. The van der Waals surface area contributed by atoms with Gasteiger partial charge >= 0.3 is 0 Å². The Morgan fingerprint density at radius 1 is 1.07 bits per heavy atom. The summed E-state index contributed by atoms with van der Waals surface area (Å²) in [6.07, 6.45) is 2.02. The number of amides is 1. The Bertz CT molecular complexity index is 1020. The molecule has 0 fully saturated rings. The fourth-order valence-corrected chi connectivity index (χ4v) is 3.91. The standard InChI is InChI=1S/C19H22N4O3S/c1-2-21-27(25,26)23-18(19(24)22-15-8-4-3-5-9-15)12-14-13-20-17-11-7-6-10-16(14)17/h3-11,13,18,20-21,23H,2,12H2,1H3,(H,22,24). The molecule has 8 heteroatoms. The van der Waals surface area contributed by atoms with Crippen LogP contribution >= 0.6 is 0 Å². The summed E-state index contributed by atoms with van der Waals surface area (Å²) in [7, 11) is -3.80. The maximum Gasteiger partial charge on any atom is 0.277 e. The van der Waals surface area contributed by atoms with Gasteiger partial charge in [-0.25, -0.2) is 4.72 Å². The molecule has 4 N–H and O–H groups in total. The SMILES string of the molecule is CCNS(=O)(=O)NC(Cc1c[nH]c2ccccc12)C(=O)Nc1ccccc1. The number of anilines is 1. The molecule has 1 amide bonds. The minimum atomic E-state index is -3.80. The molecular formula is C19H22N4O3S. The molecule has 7 nitrogen and oxygen atoms in total. The summed E-state index contributed by atoms with van der Waals surface area (Å²) in [6, 6.07) is 15.7. The number of carbonyl (C=O) groups is 1. The summed E-state index contributed by atoms with van der Waals surface area (Å²) < 4.78 is 29.2. The van der Waals surface area contributed by atoms with Crippen LogP contribution in [-0.2, 0) is 21.4 Å². The molecule has 27 heavy (non-hydrogen) atoms. The highest BCUT2D eigenvalue weighted by atomic mass is 32.2. The fraction of sp³-hybridized carbons (Fsp3) is 0.211. The molecule has 0 aliphatic rings. The van der Waals surface area contributed by atoms with Gasteiger partial charge in [-0.15, -0.1) is 0 Å². The van der Waals surface area contributed by atoms with Gasteiger partial charge in [0.25, 0.3) is 10.2 Å². The molecule has 0 radical (unpaired) electrons. The van der Waals surface area contributed by atoms with E-state index < -0.39 is 22.2 Å². The van der Waals surface area contributed by atoms with Crippen LogP contribution in [0.2, 0.25) is 0 Å². The Morgan fingerprint density at radius 3 is 2.52 bits per heavy atom. The zero-order valence-electron chi connectivity index (χ0n) is 14.9. The van der Waals surface area contributed by atoms with E-state index in [0.717, 1.165) is 16.5 Å². The second-order valence-corrected chi connectivity index (χ2v) is 7.62. The first-order valence-electron chi connectivity index (χ1n) is 8.66. The number of carbonyl (C=O) groups excluding carboxylic acids is 1. The molecule has 2 aromatic carbocycles. The first-order chi connectivity index (χ1) is 13.0. The molecule has 0 saturated carbocycles. The minimum absolute atomic E-state index is 0.216. The molecule has 0 aliphatic heterocycles. The van der Waals surface area contributed by atoms with Crippen LogP contribution in [0.5, 0.6) is 0 Å². The number of rotatable bonds is 8. The lowest BCUT2D eigenvalue weighted by atomic mass is 10.0. The molecule has 0 spiro atoms. The zero-order chi connectivity index (χ0) is 19.3. The summed E-state index contributed by atoms with van der Waals surface area (Å²) in [5, 5.41) is 3.72. The Kier molecular flexibility index (Phi) is 5.90. The van der Waals surface area contributed by atoms with Crippen LogP contribution in [0.1, 0.15) is 12.5 Å². The normalized spacial score (nSPS) is 12.8. The van der Waals surface area contributed by atoms with Crippen molar-refractivity contribution in [1.29, 1.82) is 0 Å². The Morgan fingerprint density at radius 2 is 1.78 bits per heavy atom. The van der Waals surface area contributed by atoms with Crippen molar-refractivity contribution in [3.05, 3.63) is 66.4 Å². The molecular weight excluding hydrogens is 364 g/mol. The van der Waals surface area contributed by atoms with Crippen LogP contribution in [0.4, 0.5) is 5.69 Å². The van der Waals surface area contributed by atoms with Crippen LogP contribution in [-0.4, -0.2) is 31.9 Å². The second-order valence-electron chi connectivity index (χ2n) is 6.09. The number of aromatic nitrogens is 1. The summed E-state index contributed by atoms with van der Waals surface area (Å²) in [5.41, 5.74) is 2.40. The lowest BCUT2D eigenvalue weighted by Crippen LogP contribution is -2.49. The van der Waals surface area contributed by atoms with Gasteiger partial charge in [-0.2, -0.15) is 13.1 Å². The van der Waals surface area contributed by atoms with E-state index >= 15 is 0 Å². The summed E-state index contributed by atoms with van der Waals surface area (Å²) in [6.45, 7) is 1.91. The number of H-pyrrole nitrogens is 1. The first-order valence-corrected chi connectivity index (χ1v) is 10.1. The second kappa shape index (κ2) is 8.34. The van der Waals surface area contributed by atoms with E-state index in [-0.39, 0.29) is 13.0 Å². The predicted octanol–water partition coefficient (Wildman–Crippen LogP) is 2.16. The highest BCUT2D eigenvalue weighted by molar-refractivity contribution is 7.87. The van der Waals surface area contributed by atoms with E-state index in [1.165, 1.54) is 0 Å². The number of hydrogen-bond donors (Lipinski definition) is 4. The Labute approximate surface area is 158 Å². The van der Waals surface area contributed by atoms with Crippen molar-refractivity contribution in [1.82, 2.24) is 14.4 Å². The van der Waals surface area contributed by atoms with Crippen molar-refractivity contribution in [2.75, 3.05) is 11.9 Å². The first kappa shape index (κ1) is 19.1. The molecule has 1 unspecified atom stereocenters. The zero-order valence-corrected chi connectivity index (χ0v) is 15.7. The lowest BCUT2D eigenvalue weighted by molar-refractivity contribution is -0.117. The number of para-hydroxylation sites is 2. The monoisotopic (exact) mass is 386 g/mol. The molecule has 0 aliphatic carbocycles. The lowest BCUT2D eigenvalue weighted by Gasteiger charge is -2.18. The summed E-state index contributed by atoms with van der Waals surface area (Å²) in [5.74, 6) is -0.423. The molecule has 1 atom stereocenters. The van der Waals surface area contributed by atoms with Gasteiger partial charge in [0, 0.05) is 29.3 Å². The molecule has 1 heterocycles. The third-order valence-corrected chi connectivity index (χ3v) is 5.35. The average molecular weight is 386 g/mol. The third-order valence-electron chi connectivity index (χ3n) is 4.09. The third kappa shape index (κ3) is 4.94. The fourth-order valence-electron chi connectivity index (χ4n) is 2.88. The number of fused-ring (bicyclic) bond motifs is 1. The van der Waals surface area contributed by atoms with Gasteiger partial charge in [0.1, 0.15) is 6.04 Å². The number of nitrogens with one attached hydrogen (secondary N) is 4. The van der Waals surface area contributed by atoms with E-state index in [4.69, 9.17) is 0 Å². The van der Waals surface area contributed by atoms with Gasteiger partial charge in [-0.05, 0) is 30.2 Å². The van der Waals surface area contributed by atoms with Crippen molar-refractivity contribution < 1.29 is 13.2 Å². The van der Waals surface area contributed by atoms with E-state index in [9.17, 15) is 13.2 Å². The van der Waals surface area contributed by atoms with Crippen LogP contribution in [0, 0.1) is 0 Å². The molecule has 142 valence electrons. The summed E-state index contributed by atoms with van der Waals surface area (Å²) in [4.78, 5) is 15.9. The number of hydrogen-bond acceptors (Lipinski definition) is 3. The van der Waals surface area contributed by atoms with Crippen molar-refractivity contribution in [2.45, 2.75) is 19.4 Å². The van der Waals surface area contributed by atoms with Gasteiger partial charge in [-0.3, -0.25) is 4.79 Å². The van der Waals surface area contributed by atoms with E-state index in [1.54, 1.807) is 37.4 Å². The van der Waals surface area contributed by atoms with Gasteiger partial charge < -0.3 is 10.3 Å². The van der Waals surface area contributed by atoms with Crippen molar-refractivity contribution in [3.8, 4) is 0 Å². The Balaban J connectivity index is 1.86. The smallest absolute Gasteiger partial charge is 0.277 e. The number of aromatic amines is 1. The van der Waals surface area contributed by atoms with Crippen molar-refractivity contribution in [3.63, 3.8) is 0 Å². The largest absolute Gasteiger partial charge is 0.361 e. The molecule has 0 bridgehead atoms. The van der Waals surface area contributed by atoms with Gasteiger partial charge in [0.15, 0.2) is 0 Å². The highest BCUT2D eigenvalue weighted by Gasteiger charge is 2.25. The van der Waals surface area contributed by atoms with Crippen LogP contribution < -0.4 is 14.8 Å². The van der Waals surface area contributed by atoms with Gasteiger partial charge in [0.2, 0.25) is 5.91 Å². The Hall–Kier alpha value is -2.68. The van der Waals surface area contributed by atoms with Crippen LogP contribution in [0.15, 0.2) is 60.8 Å². The van der Waals surface area contributed by atoms with Gasteiger partial charge in [-0.1, -0.05) is 43.3 Å². The maximum atomic E-state index is 12.8. The van der Waals surface area contributed by atoms with E-state index in [0.29, 0.717) is 5.69 Å². The molecule has 0 saturated heterocycles. The van der Waals surface area contributed by atoms with Crippen molar-refractivity contribution >= 4 is 32.7 Å². The minimum Gasteiger partial charge on any atom is -0.361 e. The van der Waals surface area contributed by atoms with E-state index in [2.05, 4.69) is 19.7 Å². The highest BCUT2D eigenvalue weighted by Crippen LogP contribution is 2.20. The van der Waals surface area contributed by atoms with Gasteiger partial charge in [0.05, 0.1) is 0 Å². The van der Waals surface area contributed by atoms with E-state index in [1.807, 2.05) is 30.3 Å². The topological polar surface area (TPSA) is 103 Å². The van der Waals surface area contributed by atoms with Crippen LogP contribution in [0.25, 0.3) is 10.9 Å². The maximum absolute atomic E-state index is 12.8. The molecule has 3 rings (SSSR count). The van der Waals surface area contributed by atoms with Crippen molar-refractivity contribution in [2.24, 2.45) is 0 Å². The average Bonchev–Trinajstić information content (AvgIpc) is 3.05. The molecule has 3 aromatic rings. The predicted molar refractivity (Wildman–Crippen MR) is 107 cm³/mol. The molecule has 1 aromatic heterocycles. The quantitative estimate of drug-likeness (QED) is 0.477.